The van der Waals surface area contributed by atoms with E-state index in [1.807, 2.05) is 0 Å². The van der Waals surface area contributed by atoms with E-state index in [9.17, 15) is 9.90 Å². The van der Waals surface area contributed by atoms with Gasteiger partial charge in [-0.25, -0.2) is 4.79 Å². The first-order valence-corrected chi connectivity index (χ1v) is 7.04. The zero-order valence-corrected chi connectivity index (χ0v) is 13.1. The molecule has 0 saturated heterocycles. The van der Waals surface area contributed by atoms with Gasteiger partial charge < -0.3 is 21.0 Å². The molecule has 118 valence electrons. The molecule has 23 heavy (non-hydrogen) atoms. The number of aromatic carboxylic acids is 1. The highest BCUT2D eigenvalue weighted by atomic mass is 35.5. The van der Waals surface area contributed by atoms with Crippen LogP contribution in [0.1, 0.15) is 21.5 Å². The maximum absolute atomic E-state index is 11.3. The van der Waals surface area contributed by atoms with E-state index in [4.69, 9.17) is 27.5 Å². The van der Waals surface area contributed by atoms with E-state index in [0.29, 0.717) is 5.02 Å². The first kappa shape index (κ1) is 16.6. The number of allylic oxidation sites excluding steroid dienone is 1. The number of hydrogen-bond donors (Lipinski definition) is 3. The quantitative estimate of drug-likeness (QED) is 0.575. The maximum atomic E-state index is 11.3. The molecule has 0 heterocycles. The summed E-state index contributed by atoms with van der Waals surface area (Å²) in [6.45, 7) is 0. The summed E-state index contributed by atoms with van der Waals surface area (Å²) in [6.07, 6.45) is 3.24. The molecule has 0 unspecified atom stereocenters. The summed E-state index contributed by atoms with van der Waals surface area (Å²) in [4.78, 5) is 11.3. The Labute approximate surface area is 138 Å². The van der Waals surface area contributed by atoms with Gasteiger partial charge in [0, 0.05) is 10.7 Å². The van der Waals surface area contributed by atoms with Gasteiger partial charge in [-0.15, -0.1) is 0 Å². The van der Waals surface area contributed by atoms with Crippen molar-refractivity contribution in [1.29, 1.82) is 5.41 Å². The van der Waals surface area contributed by atoms with Gasteiger partial charge in [0.05, 0.1) is 18.4 Å². The number of carboxylic acids is 1. The zero-order valence-electron chi connectivity index (χ0n) is 12.3. The number of hydrogen-bond acceptors (Lipinski definition) is 4. The lowest BCUT2D eigenvalue weighted by atomic mass is 10.0. The number of carboxylic acid groups (broad SMARTS) is 1. The Bertz CT molecular complexity index is 783. The molecule has 6 heteroatoms. The molecule has 0 aromatic heterocycles. The van der Waals surface area contributed by atoms with Gasteiger partial charge in [0.15, 0.2) is 0 Å². The van der Waals surface area contributed by atoms with Gasteiger partial charge in [-0.2, -0.15) is 0 Å². The van der Waals surface area contributed by atoms with Crippen molar-refractivity contribution in [3.05, 3.63) is 64.2 Å². The van der Waals surface area contributed by atoms with Crippen molar-refractivity contribution in [2.45, 2.75) is 0 Å². The third-order valence-electron chi connectivity index (χ3n) is 3.21. The van der Waals surface area contributed by atoms with E-state index in [-0.39, 0.29) is 28.3 Å². The summed E-state index contributed by atoms with van der Waals surface area (Å²) in [5, 5.41) is 18.0. The first-order chi connectivity index (χ1) is 10.9. The van der Waals surface area contributed by atoms with Crippen LogP contribution in [0.2, 0.25) is 5.02 Å². The van der Waals surface area contributed by atoms with Crippen LogP contribution in [0.3, 0.4) is 0 Å². The average molecular weight is 331 g/mol. The van der Waals surface area contributed by atoms with Crippen LogP contribution >= 0.6 is 11.6 Å². The molecule has 2 aromatic carbocycles. The van der Waals surface area contributed by atoms with Gasteiger partial charge in [0.2, 0.25) is 0 Å². The van der Waals surface area contributed by atoms with E-state index in [2.05, 4.69) is 0 Å². The van der Waals surface area contributed by atoms with Crippen LogP contribution in [0.15, 0.2) is 42.5 Å². The Balaban J connectivity index is 2.40. The second-order valence-electron chi connectivity index (χ2n) is 4.71. The molecule has 4 N–H and O–H groups in total. The fourth-order valence-corrected chi connectivity index (χ4v) is 2.22. The predicted molar refractivity (Wildman–Crippen MR) is 91.7 cm³/mol. The molecule has 0 bridgehead atoms. The number of rotatable bonds is 5. The minimum atomic E-state index is -1.14. The Kier molecular flexibility index (Phi) is 5.03. The number of carbonyl (C=O) groups is 1. The second-order valence-corrected chi connectivity index (χ2v) is 5.15. The molecule has 0 amide bonds. The normalized spacial score (nSPS) is 10.7. The van der Waals surface area contributed by atoms with Gasteiger partial charge in [-0.3, -0.25) is 0 Å². The van der Waals surface area contributed by atoms with Crippen LogP contribution < -0.4 is 10.5 Å². The molecule has 2 aromatic rings. The number of anilines is 1. The number of benzene rings is 2. The minimum Gasteiger partial charge on any atom is -0.495 e. The van der Waals surface area contributed by atoms with Crippen LogP contribution in [-0.4, -0.2) is 23.9 Å². The lowest BCUT2D eigenvalue weighted by Gasteiger charge is -2.13. The third-order valence-corrected chi connectivity index (χ3v) is 3.46. The number of methoxy groups -OCH3 is 1. The summed E-state index contributed by atoms with van der Waals surface area (Å²) in [5.41, 5.74) is 7.28. The van der Waals surface area contributed by atoms with Gasteiger partial charge in [-0.1, -0.05) is 29.8 Å². The van der Waals surface area contributed by atoms with Gasteiger partial charge in [0.1, 0.15) is 11.3 Å². The van der Waals surface area contributed by atoms with Crippen molar-refractivity contribution >= 4 is 35.0 Å². The Morgan fingerprint density at radius 3 is 2.48 bits per heavy atom. The predicted octanol–water partition coefficient (Wildman–Crippen LogP) is 3.71. The van der Waals surface area contributed by atoms with Gasteiger partial charge in [-0.05, 0) is 35.9 Å². The number of nitrogens with two attached hydrogens (primary N) is 1. The van der Waals surface area contributed by atoms with Crippen LogP contribution in [0.25, 0.3) is 6.08 Å². The smallest absolute Gasteiger partial charge is 0.339 e. The third kappa shape index (κ3) is 3.70. The van der Waals surface area contributed by atoms with Crippen molar-refractivity contribution in [3.63, 3.8) is 0 Å². The highest BCUT2D eigenvalue weighted by molar-refractivity contribution is 6.30. The van der Waals surface area contributed by atoms with Gasteiger partial charge >= 0.3 is 5.97 Å². The summed E-state index contributed by atoms with van der Waals surface area (Å²) >= 11 is 5.82. The van der Waals surface area contributed by atoms with Crippen LogP contribution in [0, 0.1) is 5.41 Å². The molecule has 0 atom stereocenters. The highest BCUT2D eigenvalue weighted by Crippen LogP contribution is 2.30. The fourth-order valence-electron chi connectivity index (χ4n) is 2.09. The summed E-state index contributed by atoms with van der Waals surface area (Å²) in [6, 6.07) is 9.90. The van der Waals surface area contributed by atoms with Gasteiger partial charge in [0.25, 0.3) is 0 Å². The Hall–Kier alpha value is -2.79. The molecule has 2 rings (SSSR count). The van der Waals surface area contributed by atoms with Crippen LogP contribution in [0.4, 0.5) is 5.69 Å². The minimum absolute atomic E-state index is 0.0404. The summed E-state index contributed by atoms with van der Waals surface area (Å²) < 4.78 is 5.15. The lowest BCUT2D eigenvalue weighted by molar-refractivity contribution is 0.0693. The molecular weight excluding hydrogens is 316 g/mol. The molecule has 0 radical (unpaired) electrons. The average Bonchev–Trinajstić information content (AvgIpc) is 2.53. The second kappa shape index (κ2) is 6.98. The Morgan fingerprint density at radius 2 is 1.91 bits per heavy atom. The van der Waals surface area contributed by atoms with E-state index in [1.165, 1.54) is 25.3 Å². The number of nitrogens with one attached hydrogen (secondary N) is 1. The summed E-state index contributed by atoms with van der Waals surface area (Å²) in [7, 11) is 1.35. The molecule has 0 aliphatic rings. The van der Waals surface area contributed by atoms with E-state index in [0.717, 1.165) is 5.56 Å². The number of halogens is 1. The van der Waals surface area contributed by atoms with E-state index in [1.54, 1.807) is 30.3 Å². The Morgan fingerprint density at radius 1 is 1.26 bits per heavy atom. The van der Waals surface area contributed by atoms with Crippen LogP contribution in [-0.2, 0) is 0 Å². The molecular formula is C17H15ClN2O3. The topological polar surface area (TPSA) is 96.4 Å². The SMILES string of the molecule is COc1c(C(=O)O)ccc(N)c1C(=N)/C=C/c1ccc(Cl)cc1. The molecule has 0 aliphatic carbocycles. The zero-order chi connectivity index (χ0) is 17.0. The molecule has 0 spiro atoms. The van der Waals surface area contributed by atoms with Crippen molar-refractivity contribution in [1.82, 2.24) is 0 Å². The van der Waals surface area contributed by atoms with Crippen molar-refractivity contribution in [3.8, 4) is 5.75 Å². The number of nitrogen functional groups attached to an aromatic ring is 1. The standard InChI is InChI=1S/C17H15ClN2O3/c1-23-16-12(17(21)22)7-9-14(20)15(16)13(19)8-4-10-2-5-11(18)6-3-10/h2-9,19H,20H2,1H3,(H,21,22)/b8-4+,19-13?. The van der Waals surface area contributed by atoms with Crippen LogP contribution in [0.5, 0.6) is 5.75 Å². The molecule has 5 nitrogen and oxygen atoms in total. The van der Waals surface area contributed by atoms with Crippen molar-refractivity contribution in [2.75, 3.05) is 12.8 Å². The van der Waals surface area contributed by atoms with E-state index < -0.39 is 5.97 Å². The number of ether oxygens (including phenoxy) is 1. The fraction of sp³-hybridized carbons (Fsp3) is 0.0588. The lowest BCUT2D eigenvalue weighted by Crippen LogP contribution is -2.09. The molecule has 0 aliphatic heterocycles. The highest BCUT2D eigenvalue weighted by Gasteiger charge is 2.19. The largest absolute Gasteiger partial charge is 0.495 e. The summed E-state index contributed by atoms with van der Waals surface area (Å²) in [5.74, 6) is -1.07. The maximum Gasteiger partial charge on any atom is 0.339 e. The first-order valence-electron chi connectivity index (χ1n) is 6.66. The van der Waals surface area contributed by atoms with Crippen molar-refractivity contribution < 1.29 is 14.6 Å². The molecule has 0 saturated carbocycles. The van der Waals surface area contributed by atoms with E-state index >= 15 is 0 Å². The monoisotopic (exact) mass is 330 g/mol. The van der Waals surface area contributed by atoms with Crippen molar-refractivity contribution in [2.24, 2.45) is 0 Å². The molecule has 0 fully saturated rings.